The minimum absolute atomic E-state index is 0.198. The van der Waals surface area contributed by atoms with E-state index in [0.717, 1.165) is 37.4 Å². The molecule has 3 aliphatic rings. The Labute approximate surface area is 215 Å². The number of nitrogens with zero attached hydrogens (tertiary/aromatic N) is 2. The van der Waals surface area contributed by atoms with E-state index in [1.807, 2.05) is 6.07 Å². The van der Waals surface area contributed by atoms with Gasteiger partial charge in [0.1, 0.15) is 18.4 Å². The Morgan fingerprint density at radius 2 is 1.84 bits per heavy atom. The van der Waals surface area contributed by atoms with Crippen molar-refractivity contribution in [3.05, 3.63) is 64.7 Å². The van der Waals surface area contributed by atoms with Crippen molar-refractivity contribution < 1.29 is 33.8 Å². The summed E-state index contributed by atoms with van der Waals surface area (Å²) in [6, 6.07) is 13.6. The topological polar surface area (TPSA) is 125 Å². The van der Waals surface area contributed by atoms with Crippen LogP contribution in [0.2, 0.25) is 0 Å². The minimum Gasteiger partial charge on any atom is -0.489 e. The molecular formula is C27H31N3O7. The normalized spacial score (nSPS) is 20.4. The number of ether oxygens (including phenoxy) is 2. The second-order valence-corrected chi connectivity index (χ2v) is 9.14. The average molecular weight is 510 g/mol. The largest absolute Gasteiger partial charge is 0.489 e. The maximum absolute atomic E-state index is 13.0. The van der Waals surface area contributed by atoms with Crippen LogP contribution in [0.1, 0.15) is 52.9 Å². The molecule has 2 aromatic carbocycles. The number of fused-ring (bicyclic) bond motifs is 1. The molecule has 0 spiro atoms. The summed E-state index contributed by atoms with van der Waals surface area (Å²) in [6.07, 6.45) is 0.579. The third-order valence-corrected chi connectivity index (χ3v) is 6.99. The number of piperidine rings is 1. The SMILES string of the molecule is C[C@H](c1ccc(COc2cccc3c2CN(C2CCC(=O)NC2=O)C3=O)cc1)N1CCOCC1.O=CO. The molecule has 2 atom stereocenters. The molecule has 196 valence electrons. The van der Waals surface area contributed by atoms with Gasteiger partial charge in [-0.15, -0.1) is 0 Å². The number of amides is 3. The zero-order valence-electron chi connectivity index (χ0n) is 20.7. The zero-order valence-corrected chi connectivity index (χ0v) is 20.7. The van der Waals surface area contributed by atoms with Gasteiger partial charge in [0.2, 0.25) is 11.8 Å². The lowest BCUT2D eigenvalue weighted by atomic mass is 10.0. The van der Waals surface area contributed by atoms with Crippen molar-refractivity contribution in [1.82, 2.24) is 15.1 Å². The fourth-order valence-electron chi connectivity index (χ4n) is 4.92. The van der Waals surface area contributed by atoms with Crippen LogP contribution in [-0.2, 0) is 32.3 Å². The minimum atomic E-state index is -0.633. The smallest absolute Gasteiger partial charge is 0.290 e. The van der Waals surface area contributed by atoms with Gasteiger partial charge in [0, 0.05) is 36.7 Å². The molecule has 0 aromatic heterocycles. The van der Waals surface area contributed by atoms with Crippen molar-refractivity contribution in [1.29, 1.82) is 0 Å². The lowest BCUT2D eigenvalue weighted by molar-refractivity contribution is -0.137. The highest BCUT2D eigenvalue weighted by Crippen LogP contribution is 2.34. The summed E-state index contributed by atoms with van der Waals surface area (Å²) >= 11 is 0. The summed E-state index contributed by atoms with van der Waals surface area (Å²) in [7, 11) is 0. The predicted molar refractivity (Wildman–Crippen MR) is 133 cm³/mol. The van der Waals surface area contributed by atoms with Gasteiger partial charge in [0.15, 0.2) is 0 Å². The maximum atomic E-state index is 13.0. The molecule has 3 amide bonds. The van der Waals surface area contributed by atoms with Crippen LogP contribution < -0.4 is 10.1 Å². The Balaban J connectivity index is 0.00000102. The molecule has 0 bridgehead atoms. The second kappa shape index (κ2) is 12.0. The number of imide groups is 1. The van der Waals surface area contributed by atoms with Crippen molar-refractivity contribution in [2.24, 2.45) is 0 Å². The van der Waals surface area contributed by atoms with Gasteiger partial charge in [-0.2, -0.15) is 0 Å². The Morgan fingerprint density at radius 3 is 2.51 bits per heavy atom. The Bertz CT molecular complexity index is 1150. The predicted octanol–water partition coefficient (Wildman–Crippen LogP) is 2.12. The molecule has 2 fully saturated rings. The van der Waals surface area contributed by atoms with Crippen LogP contribution in [0.15, 0.2) is 42.5 Å². The van der Waals surface area contributed by atoms with Crippen LogP contribution in [0, 0.1) is 0 Å². The molecule has 10 heteroatoms. The highest BCUT2D eigenvalue weighted by Gasteiger charge is 2.40. The summed E-state index contributed by atoms with van der Waals surface area (Å²) in [4.78, 5) is 49.1. The third kappa shape index (κ3) is 5.98. The third-order valence-electron chi connectivity index (χ3n) is 6.99. The van der Waals surface area contributed by atoms with Crippen LogP contribution in [0.25, 0.3) is 0 Å². The van der Waals surface area contributed by atoms with Crippen molar-refractivity contribution in [3.8, 4) is 5.75 Å². The van der Waals surface area contributed by atoms with Gasteiger partial charge in [0.25, 0.3) is 12.4 Å². The van der Waals surface area contributed by atoms with Crippen LogP contribution in [0.5, 0.6) is 5.75 Å². The molecular weight excluding hydrogens is 478 g/mol. The van der Waals surface area contributed by atoms with Gasteiger partial charge in [-0.25, -0.2) is 0 Å². The van der Waals surface area contributed by atoms with E-state index in [9.17, 15) is 14.4 Å². The fraction of sp³-hybridized carbons (Fsp3) is 0.407. The van der Waals surface area contributed by atoms with E-state index in [4.69, 9.17) is 19.4 Å². The first kappa shape index (κ1) is 26.3. The summed E-state index contributed by atoms with van der Waals surface area (Å²) in [5, 5.41) is 9.22. The number of hydrogen-bond acceptors (Lipinski definition) is 7. The molecule has 0 aliphatic carbocycles. The van der Waals surface area contributed by atoms with E-state index in [1.54, 1.807) is 17.0 Å². The second-order valence-electron chi connectivity index (χ2n) is 9.14. The number of rotatable bonds is 6. The van der Waals surface area contributed by atoms with Crippen molar-refractivity contribution >= 4 is 24.2 Å². The number of carbonyl (C=O) groups is 4. The molecule has 1 unspecified atom stereocenters. The van der Waals surface area contributed by atoms with E-state index in [1.165, 1.54) is 5.56 Å². The zero-order chi connectivity index (χ0) is 26.4. The lowest BCUT2D eigenvalue weighted by Gasteiger charge is -2.32. The number of carbonyl (C=O) groups excluding carboxylic acids is 3. The van der Waals surface area contributed by atoms with Crippen molar-refractivity contribution in [2.45, 2.75) is 45.0 Å². The van der Waals surface area contributed by atoms with Gasteiger partial charge in [0.05, 0.1) is 19.8 Å². The highest BCUT2D eigenvalue weighted by molar-refractivity contribution is 6.05. The van der Waals surface area contributed by atoms with Crippen molar-refractivity contribution in [2.75, 3.05) is 26.3 Å². The van der Waals surface area contributed by atoms with Gasteiger partial charge in [-0.1, -0.05) is 30.3 Å². The Kier molecular flexibility index (Phi) is 8.52. The van der Waals surface area contributed by atoms with E-state index >= 15 is 0 Å². The summed E-state index contributed by atoms with van der Waals surface area (Å²) < 4.78 is 11.6. The van der Waals surface area contributed by atoms with Gasteiger partial charge in [-0.3, -0.25) is 29.4 Å². The van der Waals surface area contributed by atoms with Crippen LogP contribution in [0.3, 0.4) is 0 Å². The van der Waals surface area contributed by atoms with Gasteiger partial charge < -0.3 is 19.5 Å². The quantitative estimate of drug-likeness (QED) is 0.448. The summed E-state index contributed by atoms with van der Waals surface area (Å²) in [5.74, 6) is -0.256. The molecule has 2 saturated heterocycles. The van der Waals surface area contributed by atoms with Crippen LogP contribution in [0.4, 0.5) is 0 Å². The first-order chi connectivity index (χ1) is 17.9. The first-order valence-corrected chi connectivity index (χ1v) is 12.3. The summed E-state index contributed by atoms with van der Waals surface area (Å²) in [5.41, 5.74) is 3.64. The molecule has 2 N–H and O–H groups in total. The number of benzene rings is 2. The molecule has 37 heavy (non-hydrogen) atoms. The van der Waals surface area contributed by atoms with E-state index in [-0.39, 0.29) is 24.7 Å². The standard InChI is InChI=1S/C26H29N3O5.CH2O2/c1-17(28-11-13-33-14-12-28)19-7-5-18(6-8-19)16-34-23-4-2-3-20-21(23)15-29(26(20)32)22-9-10-24(30)27-25(22)31;2-1-3/h2-8,17,22H,9-16H2,1H3,(H,27,30,31);1H,(H,2,3)/t17-,22?;/m1./s1. The molecule has 0 radical (unpaired) electrons. The molecule has 10 nitrogen and oxygen atoms in total. The van der Waals surface area contributed by atoms with Gasteiger partial charge >= 0.3 is 0 Å². The number of morpholine rings is 1. The van der Waals surface area contributed by atoms with E-state index in [0.29, 0.717) is 36.9 Å². The molecule has 3 aliphatic heterocycles. The average Bonchev–Trinajstić information content (AvgIpc) is 3.25. The number of carboxylic acid groups (broad SMARTS) is 1. The molecule has 2 aromatic rings. The molecule has 3 heterocycles. The Hall–Kier alpha value is -3.76. The maximum Gasteiger partial charge on any atom is 0.290 e. The molecule has 5 rings (SSSR count). The molecule has 0 saturated carbocycles. The van der Waals surface area contributed by atoms with Crippen molar-refractivity contribution in [3.63, 3.8) is 0 Å². The van der Waals surface area contributed by atoms with Crippen LogP contribution >= 0.6 is 0 Å². The number of hydrogen-bond donors (Lipinski definition) is 2. The van der Waals surface area contributed by atoms with E-state index in [2.05, 4.69) is 41.4 Å². The first-order valence-electron chi connectivity index (χ1n) is 12.3. The monoisotopic (exact) mass is 509 g/mol. The Morgan fingerprint density at radius 1 is 1.14 bits per heavy atom. The van der Waals surface area contributed by atoms with E-state index < -0.39 is 11.9 Å². The lowest BCUT2D eigenvalue weighted by Crippen LogP contribution is -2.52. The van der Waals surface area contributed by atoms with Crippen LogP contribution in [-0.4, -0.2) is 71.4 Å². The highest BCUT2D eigenvalue weighted by atomic mass is 16.5. The van der Waals surface area contributed by atoms with Gasteiger partial charge in [-0.05, 0) is 36.6 Å². The fourth-order valence-corrected chi connectivity index (χ4v) is 4.92. The number of nitrogens with one attached hydrogen (secondary N) is 1. The summed E-state index contributed by atoms with van der Waals surface area (Å²) in [6.45, 7) is 6.10.